The van der Waals surface area contributed by atoms with E-state index in [4.69, 9.17) is 9.73 Å². The number of hydrogen-bond acceptors (Lipinski definition) is 7. The number of nitrogens with zero attached hydrogens (tertiary/aromatic N) is 3. The smallest absolute Gasteiger partial charge is 0.312 e. The number of carbonyl (C=O) groups is 1. The minimum absolute atomic E-state index is 0.0325. The first-order valence-electron chi connectivity index (χ1n) is 12.9. The van der Waals surface area contributed by atoms with E-state index in [1.807, 2.05) is 0 Å². The highest BCUT2D eigenvalue weighted by atomic mass is 79.9. The van der Waals surface area contributed by atoms with E-state index in [9.17, 15) is 14.1 Å². The lowest BCUT2D eigenvalue weighted by Crippen LogP contribution is -2.54. The van der Waals surface area contributed by atoms with Gasteiger partial charge in [-0.3, -0.25) is 9.79 Å². The summed E-state index contributed by atoms with van der Waals surface area (Å²) in [6.07, 6.45) is -0.203. The van der Waals surface area contributed by atoms with E-state index in [-0.39, 0.29) is 31.0 Å². The van der Waals surface area contributed by atoms with Gasteiger partial charge in [-0.15, -0.1) is 0 Å². The van der Waals surface area contributed by atoms with Gasteiger partial charge in [-0.2, -0.15) is 0 Å². The first-order chi connectivity index (χ1) is 16.9. The Balaban J connectivity index is 2.86. The van der Waals surface area contributed by atoms with Crippen molar-refractivity contribution in [1.29, 1.82) is 0 Å². The average Bonchev–Trinajstić information content (AvgIpc) is 2.78. The van der Waals surface area contributed by atoms with Crippen LogP contribution in [0.2, 0.25) is 18.1 Å². The largest absolute Gasteiger partial charge is 0.460 e. The molecule has 1 aliphatic heterocycles. The third-order valence-corrected chi connectivity index (χ3v) is 16.9. The zero-order chi connectivity index (χ0) is 28.4. The van der Waals surface area contributed by atoms with Gasteiger partial charge in [-0.05, 0) is 68.7 Å². The molecule has 37 heavy (non-hydrogen) atoms. The van der Waals surface area contributed by atoms with Crippen molar-refractivity contribution < 1.29 is 23.2 Å². The van der Waals surface area contributed by atoms with E-state index >= 15 is 4.39 Å². The molecule has 0 amide bonds. The molecule has 0 saturated heterocycles. The van der Waals surface area contributed by atoms with Crippen molar-refractivity contribution in [3.8, 4) is 0 Å². The van der Waals surface area contributed by atoms with E-state index < -0.39 is 45.5 Å². The molecular weight excluding hydrogens is 577 g/mol. The number of aliphatic imine (C=N–C) groups is 1. The predicted octanol–water partition coefficient (Wildman–Crippen LogP) is 5.34. The van der Waals surface area contributed by atoms with Gasteiger partial charge in [0, 0.05) is 5.71 Å². The third kappa shape index (κ3) is 6.53. The van der Waals surface area contributed by atoms with Crippen molar-refractivity contribution in [1.82, 2.24) is 4.98 Å². The summed E-state index contributed by atoms with van der Waals surface area (Å²) in [5, 5.41) is 10.1. The first-order valence-corrected chi connectivity index (χ1v) is 18.0. The van der Waals surface area contributed by atoms with Crippen molar-refractivity contribution in [2.45, 2.75) is 103 Å². The number of aromatic nitrogens is 1. The molecule has 0 bridgehead atoms. The molecule has 2 rings (SSSR count). The number of aliphatic hydroxyl groups excluding tert-OH is 1. The average molecular weight is 621 g/mol. The summed E-state index contributed by atoms with van der Waals surface area (Å²) < 4.78 is 40.3. The number of esters is 1. The van der Waals surface area contributed by atoms with Gasteiger partial charge in [-0.1, -0.05) is 38.9 Å². The monoisotopic (exact) mass is 619 g/mol. The van der Waals surface area contributed by atoms with Crippen molar-refractivity contribution in [3.63, 3.8) is 0 Å². The fourth-order valence-corrected chi connectivity index (χ4v) is 11.9. The summed E-state index contributed by atoms with van der Waals surface area (Å²) in [6, 6.07) is 4.43. The topological polar surface area (TPSA) is 101 Å². The zero-order valence-electron chi connectivity index (χ0n) is 23.7. The van der Waals surface area contributed by atoms with Crippen LogP contribution in [0, 0.1) is 5.82 Å². The number of aliphatic hydroxyl groups is 1. The second-order valence-electron chi connectivity index (χ2n) is 11.5. The van der Waals surface area contributed by atoms with Crippen LogP contribution in [0.4, 0.5) is 4.39 Å². The van der Waals surface area contributed by atoms with Gasteiger partial charge in [-0.25, -0.2) is 17.9 Å². The number of hydrogen-bond donors (Lipinski definition) is 1. The molecule has 1 aliphatic rings. The first kappa shape index (κ1) is 32.0. The van der Waals surface area contributed by atoms with Crippen LogP contribution in [0.1, 0.15) is 74.4 Å². The summed E-state index contributed by atoms with van der Waals surface area (Å²) >= 11 is 3.49. The van der Waals surface area contributed by atoms with E-state index in [0.29, 0.717) is 15.5 Å². The standard InChI is InChI=1S/C26H43BrFN3O4SSi/c1-10-37(11-2,12-3)18-15-20(27)30-23(22(18)28)26(9)17-36(34,29-13-14-32)25(7,8)19(31-26)16-21(33)35-24(4,5)6/h15,32H,10-14,16-17H2,1-9H3/t26-,36-/m0/s1. The lowest BCUT2D eigenvalue weighted by atomic mass is 9.95. The molecule has 0 aliphatic carbocycles. The van der Waals surface area contributed by atoms with Crippen molar-refractivity contribution in [3.05, 3.63) is 22.2 Å². The SMILES string of the molecule is CC[Si](CC)(CC)c1cc(Br)nc([C@]2(C)C[S@@](=O)(=NCCO)C(C)(C)C(CC(=O)OC(C)(C)C)=N2)c1F. The van der Waals surface area contributed by atoms with Crippen LogP contribution in [-0.2, 0) is 24.8 Å². The van der Waals surface area contributed by atoms with Gasteiger partial charge >= 0.3 is 5.97 Å². The molecule has 2 heterocycles. The molecule has 0 radical (unpaired) electrons. The van der Waals surface area contributed by atoms with Gasteiger partial charge in [0.2, 0.25) is 0 Å². The van der Waals surface area contributed by atoms with Gasteiger partial charge in [0.15, 0.2) is 0 Å². The lowest BCUT2D eigenvalue weighted by Gasteiger charge is -2.42. The van der Waals surface area contributed by atoms with Crippen LogP contribution in [0.5, 0.6) is 0 Å². The number of carbonyl (C=O) groups excluding carboxylic acids is 1. The fraction of sp³-hybridized carbons (Fsp3) is 0.731. The van der Waals surface area contributed by atoms with E-state index in [2.05, 4.69) is 46.0 Å². The molecule has 0 unspecified atom stereocenters. The van der Waals surface area contributed by atoms with Gasteiger partial charge in [0.05, 0.1) is 47.9 Å². The van der Waals surface area contributed by atoms with E-state index in [1.54, 1.807) is 47.6 Å². The van der Waals surface area contributed by atoms with E-state index in [0.717, 1.165) is 18.1 Å². The maximum Gasteiger partial charge on any atom is 0.312 e. The minimum atomic E-state index is -3.10. The Kier molecular flexibility index (Phi) is 9.97. The predicted molar refractivity (Wildman–Crippen MR) is 155 cm³/mol. The molecule has 1 N–H and O–H groups in total. The summed E-state index contributed by atoms with van der Waals surface area (Å²) in [4.78, 5) is 22.3. The lowest BCUT2D eigenvalue weighted by molar-refractivity contribution is -0.153. The summed E-state index contributed by atoms with van der Waals surface area (Å²) in [5.41, 5.74) is -1.60. The molecule has 0 spiro atoms. The Bertz CT molecular complexity index is 1160. The normalized spacial score (nSPS) is 23.9. The second kappa shape index (κ2) is 11.5. The van der Waals surface area contributed by atoms with Crippen LogP contribution in [-0.4, -0.2) is 63.3 Å². The van der Waals surface area contributed by atoms with Crippen LogP contribution in [0.15, 0.2) is 20.0 Å². The van der Waals surface area contributed by atoms with Crippen LogP contribution >= 0.6 is 15.9 Å². The highest BCUT2D eigenvalue weighted by Crippen LogP contribution is 2.41. The van der Waals surface area contributed by atoms with Crippen molar-refractivity contribution in [2.75, 3.05) is 18.9 Å². The number of halogens is 2. The summed E-state index contributed by atoms with van der Waals surface area (Å²) in [5.74, 6) is -0.999. The molecule has 0 saturated carbocycles. The molecule has 0 fully saturated rings. The van der Waals surface area contributed by atoms with Gasteiger partial charge in [0.25, 0.3) is 0 Å². The quantitative estimate of drug-likeness (QED) is 0.228. The van der Waals surface area contributed by atoms with Crippen molar-refractivity contribution in [2.24, 2.45) is 9.36 Å². The van der Waals surface area contributed by atoms with Gasteiger partial charge in [0.1, 0.15) is 27.3 Å². The van der Waals surface area contributed by atoms with Crippen molar-refractivity contribution >= 4 is 50.6 Å². The molecular formula is C26H43BrFN3O4SSi. The van der Waals surface area contributed by atoms with Crippen LogP contribution in [0.3, 0.4) is 0 Å². The molecule has 11 heteroatoms. The molecule has 1 aromatic rings. The Labute approximate surface area is 231 Å². The minimum Gasteiger partial charge on any atom is -0.460 e. The summed E-state index contributed by atoms with van der Waals surface area (Å²) in [7, 11) is -5.25. The fourth-order valence-electron chi connectivity index (χ4n) is 5.06. The number of ether oxygens (including phenoxy) is 1. The van der Waals surface area contributed by atoms with Gasteiger partial charge < -0.3 is 9.84 Å². The molecule has 1 aromatic heterocycles. The van der Waals surface area contributed by atoms with E-state index in [1.165, 1.54) is 0 Å². The molecule has 2 atom stereocenters. The van der Waals surface area contributed by atoms with Crippen LogP contribution < -0.4 is 5.19 Å². The highest BCUT2D eigenvalue weighted by Gasteiger charge is 2.50. The number of rotatable bonds is 9. The Hall–Kier alpha value is -1.17. The Morgan fingerprint density at radius 2 is 1.81 bits per heavy atom. The Morgan fingerprint density at radius 1 is 1.24 bits per heavy atom. The Morgan fingerprint density at radius 3 is 2.30 bits per heavy atom. The highest BCUT2D eigenvalue weighted by molar-refractivity contribution is 9.10. The maximum absolute atomic E-state index is 16.5. The maximum atomic E-state index is 16.5. The molecule has 210 valence electrons. The molecule has 0 aromatic carbocycles. The third-order valence-electron chi connectivity index (χ3n) is 7.52. The zero-order valence-corrected chi connectivity index (χ0v) is 27.1. The van der Waals surface area contributed by atoms with Crippen LogP contribution in [0.25, 0.3) is 0 Å². The second-order valence-corrected chi connectivity index (χ2v) is 20.3. The number of pyridine rings is 1. The molecule has 7 nitrogen and oxygen atoms in total. The summed E-state index contributed by atoms with van der Waals surface area (Å²) in [6.45, 7) is 16.5.